The minimum Gasteiger partial charge on any atom is -0.462 e. The zero-order chi connectivity index (χ0) is 25.8. The summed E-state index contributed by atoms with van der Waals surface area (Å²) in [6.45, 7) is 23.4. The number of carbonyl (C=O) groups is 1. The van der Waals surface area contributed by atoms with Gasteiger partial charge in [0.05, 0.1) is 6.10 Å². The predicted octanol–water partition coefficient (Wildman–Crippen LogP) is 7.57. The average Bonchev–Trinajstić information content (AvgIpc) is 2.75. The second kappa shape index (κ2) is 7.84. The molecule has 0 radical (unpaired) electrons. The maximum atomic E-state index is 11.9. The van der Waals surface area contributed by atoms with Crippen molar-refractivity contribution in [3.8, 4) is 0 Å². The van der Waals surface area contributed by atoms with Gasteiger partial charge in [0.2, 0.25) is 0 Å². The highest BCUT2D eigenvalue weighted by Crippen LogP contribution is 2.77. The molecule has 1 N–H and O–H groups in total. The van der Waals surface area contributed by atoms with Crippen LogP contribution >= 0.6 is 0 Å². The standard InChI is InChI=1S/C32H52O3/c1-19-12-15-30(7)25(34)18-32(9)22(27(30)20(19)2)10-11-24-29(6)16-14-26(35-21(3)33)28(4,5)23(29)13-17-31(24,32)8/h20,22-27,34H,1,10-18H2,2-9H3/t20-,22-,23-,24-,25-,26-,27-,29+,30-,31-,32-/m1/s1. The summed E-state index contributed by atoms with van der Waals surface area (Å²) in [6, 6.07) is 0. The van der Waals surface area contributed by atoms with Crippen molar-refractivity contribution in [3.05, 3.63) is 12.2 Å². The molecule has 0 unspecified atom stereocenters. The van der Waals surface area contributed by atoms with E-state index in [4.69, 9.17) is 4.74 Å². The molecule has 0 bridgehead atoms. The molecule has 5 aliphatic carbocycles. The fourth-order valence-electron chi connectivity index (χ4n) is 11.8. The maximum absolute atomic E-state index is 11.9. The van der Waals surface area contributed by atoms with Gasteiger partial charge in [-0.1, -0.05) is 60.6 Å². The van der Waals surface area contributed by atoms with Gasteiger partial charge in [-0.3, -0.25) is 4.79 Å². The van der Waals surface area contributed by atoms with E-state index in [2.05, 4.69) is 55.0 Å². The molecule has 5 fully saturated rings. The molecule has 0 aliphatic heterocycles. The summed E-state index contributed by atoms with van der Waals surface area (Å²) in [6.07, 6.45) is 10.1. The quantitative estimate of drug-likeness (QED) is 0.308. The maximum Gasteiger partial charge on any atom is 0.302 e. The van der Waals surface area contributed by atoms with E-state index in [-0.39, 0.29) is 45.3 Å². The molecule has 3 nitrogen and oxygen atoms in total. The number of fused-ring (bicyclic) bond motifs is 7. The highest BCUT2D eigenvalue weighted by atomic mass is 16.5. The summed E-state index contributed by atoms with van der Waals surface area (Å²) in [5.41, 5.74) is 2.08. The van der Waals surface area contributed by atoms with Crippen molar-refractivity contribution in [3.63, 3.8) is 0 Å². The van der Waals surface area contributed by atoms with E-state index in [0.29, 0.717) is 29.6 Å². The van der Waals surface area contributed by atoms with E-state index in [1.54, 1.807) is 6.92 Å². The molecule has 5 aliphatic rings. The van der Waals surface area contributed by atoms with E-state index in [0.717, 1.165) is 32.1 Å². The van der Waals surface area contributed by atoms with Crippen LogP contribution in [0, 0.1) is 56.7 Å². The summed E-state index contributed by atoms with van der Waals surface area (Å²) < 4.78 is 5.89. The van der Waals surface area contributed by atoms with Gasteiger partial charge in [-0.05, 0) is 109 Å². The lowest BCUT2D eigenvalue weighted by atomic mass is 9.31. The molecule has 35 heavy (non-hydrogen) atoms. The largest absolute Gasteiger partial charge is 0.462 e. The Morgan fingerprint density at radius 2 is 1.60 bits per heavy atom. The third kappa shape index (κ3) is 3.21. The van der Waals surface area contributed by atoms with Gasteiger partial charge >= 0.3 is 5.97 Å². The number of rotatable bonds is 1. The lowest BCUT2D eigenvalue weighted by Crippen LogP contribution is -2.69. The Morgan fingerprint density at radius 3 is 2.26 bits per heavy atom. The van der Waals surface area contributed by atoms with Gasteiger partial charge in [-0.15, -0.1) is 0 Å². The number of aliphatic hydroxyl groups is 1. The summed E-state index contributed by atoms with van der Waals surface area (Å²) in [5, 5.41) is 11.8. The average molecular weight is 485 g/mol. The van der Waals surface area contributed by atoms with Crippen LogP contribution in [0.1, 0.15) is 113 Å². The van der Waals surface area contributed by atoms with Gasteiger partial charge in [0.25, 0.3) is 0 Å². The number of hydrogen-bond donors (Lipinski definition) is 1. The van der Waals surface area contributed by atoms with Crippen molar-refractivity contribution < 1.29 is 14.6 Å². The van der Waals surface area contributed by atoms with E-state index in [1.165, 1.54) is 31.3 Å². The molecule has 5 rings (SSSR count). The SMILES string of the molecule is C=C1CC[C@@]2(C)[C@H]([C@@H]1C)[C@H]1CC[C@@H]3[C@@]4(C)CC[C@@H](OC(C)=O)C(C)(C)[C@H]4CC[C@@]3(C)[C@]1(C)C[C@H]2O. The van der Waals surface area contributed by atoms with Gasteiger partial charge in [-0.2, -0.15) is 0 Å². The molecule has 5 saturated carbocycles. The van der Waals surface area contributed by atoms with Gasteiger partial charge in [0, 0.05) is 12.3 Å². The molecule has 11 atom stereocenters. The van der Waals surface area contributed by atoms with Gasteiger partial charge in [0.15, 0.2) is 0 Å². The molecule has 0 aromatic rings. The van der Waals surface area contributed by atoms with E-state index >= 15 is 0 Å². The highest BCUT2D eigenvalue weighted by molar-refractivity contribution is 5.66. The Kier molecular flexibility index (Phi) is 5.78. The minimum atomic E-state index is -0.221. The number of aliphatic hydroxyl groups excluding tert-OH is 1. The first-order chi connectivity index (χ1) is 16.1. The number of hydrogen-bond acceptors (Lipinski definition) is 3. The van der Waals surface area contributed by atoms with Crippen LogP contribution in [0.15, 0.2) is 12.2 Å². The van der Waals surface area contributed by atoms with E-state index < -0.39 is 0 Å². The second-order valence-corrected chi connectivity index (χ2v) is 15.3. The third-order valence-electron chi connectivity index (χ3n) is 13.9. The smallest absolute Gasteiger partial charge is 0.302 e. The van der Waals surface area contributed by atoms with Crippen LogP contribution in [0.2, 0.25) is 0 Å². The van der Waals surface area contributed by atoms with Crippen LogP contribution in [-0.2, 0) is 9.53 Å². The molecule has 0 heterocycles. The van der Waals surface area contributed by atoms with Crippen molar-refractivity contribution in [1.29, 1.82) is 0 Å². The lowest BCUT2D eigenvalue weighted by molar-refractivity contribution is -0.270. The van der Waals surface area contributed by atoms with Crippen molar-refractivity contribution in [2.75, 3.05) is 0 Å². The summed E-state index contributed by atoms with van der Waals surface area (Å²) in [7, 11) is 0. The molecule has 0 amide bonds. The van der Waals surface area contributed by atoms with Gasteiger partial charge in [-0.25, -0.2) is 0 Å². The van der Waals surface area contributed by atoms with Crippen molar-refractivity contribution in [2.24, 2.45) is 56.7 Å². The fraction of sp³-hybridized carbons (Fsp3) is 0.906. The molecular formula is C32H52O3. The Balaban J connectivity index is 1.53. The fourth-order valence-corrected chi connectivity index (χ4v) is 11.8. The normalized spacial score (nSPS) is 55.1. The number of esters is 1. The van der Waals surface area contributed by atoms with Crippen LogP contribution in [0.3, 0.4) is 0 Å². The highest BCUT2D eigenvalue weighted by Gasteiger charge is 2.71. The zero-order valence-corrected chi connectivity index (χ0v) is 23.9. The Hall–Kier alpha value is -0.830. The Morgan fingerprint density at radius 1 is 0.914 bits per heavy atom. The van der Waals surface area contributed by atoms with Gasteiger partial charge < -0.3 is 9.84 Å². The Bertz CT molecular complexity index is 906. The van der Waals surface area contributed by atoms with Crippen molar-refractivity contribution >= 4 is 5.97 Å². The first-order valence-corrected chi connectivity index (χ1v) is 14.7. The molecule has 198 valence electrons. The monoisotopic (exact) mass is 484 g/mol. The van der Waals surface area contributed by atoms with E-state index in [9.17, 15) is 9.90 Å². The first kappa shape index (κ1) is 25.8. The van der Waals surface area contributed by atoms with E-state index in [1.807, 2.05) is 0 Å². The molecule has 0 aromatic carbocycles. The third-order valence-corrected chi connectivity index (χ3v) is 13.9. The van der Waals surface area contributed by atoms with Crippen LogP contribution < -0.4 is 0 Å². The number of carbonyl (C=O) groups excluding carboxylic acids is 1. The van der Waals surface area contributed by atoms with Crippen molar-refractivity contribution in [1.82, 2.24) is 0 Å². The first-order valence-electron chi connectivity index (χ1n) is 14.7. The van der Waals surface area contributed by atoms with Crippen molar-refractivity contribution in [2.45, 2.75) is 125 Å². The summed E-state index contributed by atoms with van der Waals surface area (Å²) in [5.74, 6) is 2.79. The predicted molar refractivity (Wildman–Crippen MR) is 142 cm³/mol. The van der Waals surface area contributed by atoms with Crippen LogP contribution in [-0.4, -0.2) is 23.3 Å². The van der Waals surface area contributed by atoms with Gasteiger partial charge in [0.1, 0.15) is 6.10 Å². The minimum absolute atomic E-state index is 0.00195. The molecule has 0 aromatic heterocycles. The topological polar surface area (TPSA) is 46.5 Å². The zero-order valence-electron chi connectivity index (χ0n) is 23.9. The molecule has 0 spiro atoms. The summed E-state index contributed by atoms with van der Waals surface area (Å²) in [4.78, 5) is 11.9. The second-order valence-electron chi connectivity index (χ2n) is 15.3. The summed E-state index contributed by atoms with van der Waals surface area (Å²) >= 11 is 0. The lowest BCUT2D eigenvalue weighted by Gasteiger charge is -2.74. The number of ether oxygens (including phenoxy) is 1. The molecular weight excluding hydrogens is 432 g/mol. The molecule has 0 saturated heterocycles. The Labute approximate surface area is 214 Å². The van der Waals surface area contributed by atoms with Crippen LogP contribution in [0.25, 0.3) is 0 Å². The number of allylic oxidation sites excluding steroid dienone is 1. The van der Waals surface area contributed by atoms with Crippen LogP contribution in [0.5, 0.6) is 0 Å². The molecule has 3 heteroatoms. The van der Waals surface area contributed by atoms with Crippen LogP contribution in [0.4, 0.5) is 0 Å².